The minimum Gasteiger partial charge on any atom is -0.487 e. The van der Waals surface area contributed by atoms with E-state index in [1.807, 2.05) is 0 Å². The molecule has 90 valence electrons. The van der Waals surface area contributed by atoms with Crippen molar-refractivity contribution in [1.82, 2.24) is 0 Å². The minimum atomic E-state index is -1.12. The molecular weight excluding hydrogens is 247 g/mol. The van der Waals surface area contributed by atoms with Crippen molar-refractivity contribution in [1.29, 1.82) is 0 Å². The fraction of sp³-hybridized carbons (Fsp3) is 0.0833. The number of carboxylic acids is 1. The molecule has 0 heterocycles. The Morgan fingerprint density at radius 1 is 1.59 bits per heavy atom. The topological polar surface area (TPSA) is 46.5 Å². The maximum atomic E-state index is 13.0. The Bertz CT molecular complexity index is 469. The molecule has 0 aliphatic carbocycles. The van der Waals surface area contributed by atoms with Crippen LogP contribution >= 0.6 is 11.6 Å². The normalized spacial score (nSPS) is 10.5. The lowest BCUT2D eigenvalue weighted by Gasteiger charge is -2.08. The van der Waals surface area contributed by atoms with Crippen LogP contribution in [0, 0.1) is 5.82 Å². The van der Waals surface area contributed by atoms with Crippen molar-refractivity contribution >= 4 is 23.6 Å². The van der Waals surface area contributed by atoms with E-state index in [2.05, 4.69) is 6.58 Å². The van der Waals surface area contributed by atoms with E-state index in [4.69, 9.17) is 21.4 Å². The van der Waals surface area contributed by atoms with Gasteiger partial charge < -0.3 is 9.84 Å². The van der Waals surface area contributed by atoms with Crippen LogP contribution in [0.15, 0.2) is 35.9 Å². The van der Waals surface area contributed by atoms with E-state index in [0.717, 1.165) is 6.08 Å². The monoisotopic (exact) mass is 256 g/mol. The smallest absolute Gasteiger partial charge is 0.328 e. The molecule has 1 N–H and O–H groups in total. The number of rotatable bonds is 5. The van der Waals surface area contributed by atoms with Gasteiger partial charge in [-0.2, -0.15) is 0 Å². The van der Waals surface area contributed by atoms with Crippen LogP contribution in [0.4, 0.5) is 4.39 Å². The van der Waals surface area contributed by atoms with Crippen molar-refractivity contribution in [3.05, 3.63) is 47.3 Å². The number of ether oxygens (including phenoxy) is 1. The Labute approximate surface area is 103 Å². The van der Waals surface area contributed by atoms with Crippen LogP contribution in [0.1, 0.15) is 5.56 Å². The third-order valence-corrected chi connectivity index (χ3v) is 1.87. The summed E-state index contributed by atoms with van der Waals surface area (Å²) in [5, 5.41) is 8.79. The van der Waals surface area contributed by atoms with Crippen LogP contribution in [0.5, 0.6) is 5.75 Å². The molecule has 0 unspecified atom stereocenters. The summed E-state index contributed by atoms with van der Waals surface area (Å²) in [6.07, 6.45) is 2.15. The molecule has 0 fully saturated rings. The van der Waals surface area contributed by atoms with Gasteiger partial charge in [0.15, 0.2) is 0 Å². The van der Waals surface area contributed by atoms with Crippen LogP contribution in [0.3, 0.4) is 0 Å². The zero-order chi connectivity index (χ0) is 12.8. The Kier molecular flexibility index (Phi) is 4.72. The van der Waals surface area contributed by atoms with Gasteiger partial charge in [-0.3, -0.25) is 0 Å². The molecule has 0 bridgehead atoms. The van der Waals surface area contributed by atoms with E-state index in [9.17, 15) is 9.18 Å². The molecule has 0 saturated carbocycles. The van der Waals surface area contributed by atoms with Crippen LogP contribution in [0.2, 0.25) is 0 Å². The van der Waals surface area contributed by atoms with Crippen LogP contribution in [0.25, 0.3) is 6.08 Å². The van der Waals surface area contributed by atoms with Crippen molar-refractivity contribution in [3.8, 4) is 5.75 Å². The van der Waals surface area contributed by atoms with Crippen LogP contribution in [-0.4, -0.2) is 17.7 Å². The van der Waals surface area contributed by atoms with E-state index in [0.29, 0.717) is 16.3 Å². The summed E-state index contributed by atoms with van der Waals surface area (Å²) in [6, 6.07) is 3.78. The molecule has 17 heavy (non-hydrogen) atoms. The highest BCUT2D eigenvalue weighted by atomic mass is 35.5. The maximum Gasteiger partial charge on any atom is 0.328 e. The van der Waals surface area contributed by atoms with Gasteiger partial charge in [0.25, 0.3) is 0 Å². The van der Waals surface area contributed by atoms with Gasteiger partial charge in [0.2, 0.25) is 0 Å². The zero-order valence-electron chi connectivity index (χ0n) is 8.82. The first-order chi connectivity index (χ1) is 7.99. The molecule has 1 aromatic rings. The van der Waals surface area contributed by atoms with Gasteiger partial charge in [0.1, 0.15) is 18.2 Å². The lowest BCUT2D eigenvalue weighted by Crippen LogP contribution is -1.98. The SMILES string of the molecule is C=C(Cl)COc1ccc(F)cc1/C=C/C(=O)O. The zero-order valence-corrected chi connectivity index (χ0v) is 9.58. The number of carbonyl (C=O) groups is 1. The van der Waals surface area contributed by atoms with E-state index >= 15 is 0 Å². The van der Waals surface area contributed by atoms with Crippen molar-refractivity contribution in [2.75, 3.05) is 6.61 Å². The first-order valence-corrected chi connectivity index (χ1v) is 5.03. The highest BCUT2D eigenvalue weighted by Gasteiger charge is 2.04. The standard InChI is InChI=1S/C12H10ClFO3/c1-8(13)7-17-11-4-3-10(14)6-9(11)2-5-12(15)16/h2-6H,1,7H2,(H,15,16)/b5-2+. The van der Waals surface area contributed by atoms with Crippen LogP contribution < -0.4 is 4.74 Å². The first kappa shape index (κ1) is 13.3. The van der Waals surface area contributed by atoms with Gasteiger partial charge in [0.05, 0.1) is 0 Å². The summed E-state index contributed by atoms with van der Waals surface area (Å²) in [6.45, 7) is 3.52. The number of aliphatic carboxylic acids is 1. The molecule has 0 saturated heterocycles. The van der Waals surface area contributed by atoms with Crippen LogP contribution in [-0.2, 0) is 4.79 Å². The van der Waals surface area contributed by atoms with Crippen molar-refractivity contribution < 1.29 is 19.0 Å². The van der Waals surface area contributed by atoms with Gasteiger partial charge >= 0.3 is 5.97 Å². The predicted molar refractivity (Wildman–Crippen MR) is 63.6 cm³/mol. The number of benzene rings is 1. The Hall–Kier alpha value is -1.81. The highest BCUT2D eigenvalue weighted by Crippen LogP contribution is 2.22. The summed E-state index contributed by atoms with van der Waals surface area (Å²) in [4.78, 5) is 10.4. The molecule has 0 radical (unpaired) electrons. The van der Waals surface area contributed by atoms with Gasteiger partial charge in [-0.05, 0) is 24.3 Å². The molecule has 0 amide bonds. The predicted octanol–water partition coefficient (Wildman–Crippen LogP) is 3.05. The maximum absolute atomic E-state index is 13.0. The summed E-state index contributed by atoms with van der Waals surface area (Å²) >= 11 is 5.53. The third-order valence-electron chi connectivity index (χ3n) is 1.76. The average Bonchev–Trinajstić information content (AvgIpc) is 2.24. The largest absolute Gasteiger partial charge is 0.487 e. The fourth-order valence-electron chi connectivity index (χ4n) is 1.10. The number of hydrogen-bond donors (Lipinski definition) is 1. The highest BCUT2D eigenvalue weighted by molar-refractivity contribution is 6.29. The number of halogens is 2. The summed E-state index contributed by atoms with van der Waals surface area (Å²) < 4.78 is 18.2. The van der Waals surface area contributed by atoms with E-state index < -0.39 is 11.8 Å². The Morgan fingerprint density at radius 3 is 2.88 bits per heavy atom. The summed E-state index contributed by atoms with van der Waals surface area (Å²) in [5.74, 6) is -1.26. The van der Waals surface area contributed by atoms with Crippen molar-refractivity contribution in [3.63, 3.8) is 0 Å². The molecule has 1 aromatic carbocycles. The van der Waals surface area contributed by atoms with Crippen molar-refractivity contribution in [2.24, 2.45) is 0 Å². The number of carboxylic acid groups (broad SMARTS) is 1. The lowest BCUT2D eigenvalue weighted by molar-refractivity contribution is -0.131. The number of hydrogen-bond acceptors (Lipinski definition) is 2. The summed E-state index contributed by atoms with van der Waals surface area (Å²) in [7, 11) is 0. The van der Waals surface area contributed by atoms with E-state index in [1.54, 1.807) is 0 Å². The molecule has 0 atom stereocenters. The molecule has 0 spiro atoms. The van der Waals surface area contributed by atoms with Gasteiger partial charge in [0, 0.05) is 16.7 Å². The molecular formula is C12H10ClFO3. The molecule has 1 rings (SSSR count). The van der Waals surface area contributed by atoms with Gasteiger partial charge in [-0.1, -0.05) is 18.2 Å². The molecule has 3 nitrogen and oxygen atoms in total. The molecule has 5 heteroatoms. The molecule has 0 aliphatic rings. The quantitative estimate of drug-likeness (QED) is 0.824. The second-order valence-corrected chi connectivity index (χ2v) is 3.69. The van der Waals surface area contributed by atoms with Crippen molar-refractivity contribution in [2.45, 2.75) is 0 Å². The third kappa shape index (κ3) is 4.70. The molecule has 0 aromatic heterocycles. The first-order valence-electron chi connectivity index (χ1n) is 4.65. The van der Waals surface area contributed by atoms with Gasteiger partial charge in [-0.25, -0.2) is 9.18 Å². The Balaban J connectivity index is 2.95. The fourth-order valence-corrected chi connectivity index (χ4v) is 1.15. The summed E-state index contributed by atoms with van der Waals surface area (Å²) in [5.41, 5.74) is 0.324. The lowest BCUT2D eigenvalue weighted by atomic mass is 10.2. The second-order valence-electron chi connectivity index (χ2n) is 3.16. The second kappa shape index (κ2) is 6.06. The van der Waals surface area contributed by atoms with E-state index in [-0.39, 0.29) is 6.61 Å². The van der Waals surface area contributed by atoms with Gasteiger partial charge in [-0.15, -0.1) is 0 Å². The molecule has 0 aliphatic heterocycles. The average molecular weight is 257 g/mol. The van der Waals surface area contributed by atoms with E-state index in [1.165, 1.54) is 24.3 Å². The minimum absolute atomic E-state index is 0.0705. The Morgan fingerprint density at radius 2 is 2.29 bits per heavy atom.